The number of hydrogen-bond donors (Lipinski definition) is 1. The highest BCUT2D eigenvalue weighted by Crippen LogP contribution is 2.27. The maximum absolute atomic E-state index is 5.30. The Morgan fingerprint density at radius 2 is 2.00 bits per heavy atom. The summed E-state index contributed by atoms with van der Waals surface area (Å²) in [6.07, 6.45) is 3.46. The van der Waals surface area contributed by atoms with Crippen molar-refractivity contribution in [3.8, 4) is 5.75 Å². The highest BCUT2D eigenvalue weighted by atomic mass is 79.9. The van der Waals surface area contributed by atoms with Gasteiger partial charge in [-0.1, -0.05) is 43.6 Å². The van der Waals surface area contributed by atoms with E-state index in [0.717, 1.165) is 18.7 Å². The van der Waals surface area contributed by atoms with Crippen LogP contribution in [0.3, 0.4) is 0 Å². The lowest BCUT2D eigenvalue weighted by atomic mass is 9.83. The lowest BCUT2D eigenvalue weighted by molar-refractivity contribution is 0.254. The van der Waals surface area contributed by atoms with Gasteiger partial charge < -0.3 is 10.1 Å². The molecule has 114 valence electrons. The third-order valence-corrected chi connectivity index (χ3v) is 4.46. The lowest BCUT2D eigenvalue weighted by Gasteiger charge is -2.31. The van der Waals surface area contributed by atoms with Crippen molar-refractivity contribution in [1.82, 2.24) is 5.32 Å². The Hall–Kier alpha value is -0.540. The molecule has 3 heteroatoms. The highest BCUT2D eigenvalue weighted by molar-refractivity contribution is 9.10. The minimum absolute atomic E-state index is 0.307. The van der Waals surface area contributed by atoms with E-state index in [1.165, 1.54) is 22.9 Å². The molecule has 1 rings (SSSR count). The van der Waals surface area contributed by atoms with Crippen LogP contribution in [-0.4, -0.2) is 19.7 Å². The molecule has 0 bridgehead atoms. The third-order valence-electron chi connectivity index (χ3n) is 3.69. The summed E-state index contributed by atoms with van der Waals surface area (Å²) in [4.78, 5) is 0. The molecule has 1 atom stereocenters. The van der Waals surface area contributed by atoms with Crippen LogP contribution in [0.4, 0.5) is 0 Å². The van der Waals surface area contributed by atoms with Crippen LogP contribution in [0.2, 0.25) is 0 Å². The molecule has 0 saturated carbocycles. The Morgan fingerprint density at radius 3 is 2.55 bits per heavy atom. The van der Waals surface area contributed by atoms with Crippen molar-refractivity contribution in [2.45, 2.75) is 53.0 Å². The summed E-state index contributed by atoms with van der Waals surface area (Å²) >= 11 is 3.63. The fourth-order valence-corrected chi connectivity index (χ4v) is 2.90. The summed E-state index contributed by atoms with van der Waals surface area (Å²) in [5.41, 5.74) is 1.63. The van der Waals surface area contributed by atoms with Gasteiger partial charge in [0.25, 0.3) is 0 Å². The molecule has 0 radical (unpaired) electrons. The predicted molar refractivity (Wildman–Crippen MR) is 90.6 cm³/mol. The number of aryl methyl sites for hydroxylation is 1. The maximum atomic E-state index is 5.30. The molecule has 0 aliphatic rings. The summed E-state index contributed by atoms with van der Waals surface area (Å²) in [5, 5.41) is 3.61. The van der Waals surface area contributed by atoms with Crippen LogP contribution >= 0.6 is 15.9 Å². The first-order chi connectivity index (χ1) is 9.38. The summed E-state index contributed by atoms with van der Waals surface area (Å²) in [7, 11) is 1.72. The van der Waals surface area contributed by atoms with Crippen LogP contribution in [0.25, 0.3) is 0 Å². The maximum Gasteiger partial charge on any atom is 0.119 e. The number of rotatable bonds is 7. The quantitative estimate of drug-likeness (QED) is 0.768. The van der Waals surface area contributed by atoms with Gasteiger partial charge in [0.2, 0.25) is 0 Å². The molecule has 1 aromatic rings. The number of nitrogens with one attached hydrogen (secondary N) is 1. The van der Waals surface area contributed by atoms with E-state index in [9.17, 15) is 0 Å². The second-order valence-electron chi connectivity index (χ2n) is 6.33. The van der Waals surface area contributed by atoms with Gasteiger partial charge in [-0.05, 0) is 55.0 Å². The zero-order valence-electron chi connectivity index (χ0n) is 13.4. The second-order valence-corrected chi connectivity index (χ2v) is 7.18. The fraction of sp³-hybridized carbons (Fsp3) is 0.647. The molecule has 2 nitrogen and oxygen atoms in total. The third kappa shape index (κ3) is 5.45. The standard InChI is InChI=1S/C17H28BrNO/c1-6-19-16(17(2,3)4)9-7-8-13-12-14(20-5)10-11-15(13)18/h10-12,16,19H,6-9H2,1-5H3. The first-order valence-electron chi connectivity index (χ1n) is 7.44. The van der Waals surface area contributed by atoms with E-state index in [-0.39, 0.29) is 0 Å². The minimum atomic E-state index is 0.307. The Bertz CT molecular complexity index is 412. The minimum Gasteiger partial charge on any atom is -0.497 e. The van der Waals surface area contributed by atoms with Crippen molar-refractivity contribution in [2.75, 3.05) is 13.7 Å². The van der Waals surface area contributed by atoms with Gasteiger partial charge in [-0.25, -0.2) is 0 Å². The summed E-state index contributed by atoms with van der Waals surface area (Å²) in [6, 6.07) is 6.75. The molecule has 0 amide bonds. The van der Waals surface area contributed by atoms with E-state index in [1.54, 1.807) is 7.11 Å². The molecule has 0 aromatic heterocycles. The van der Waals surface area contributed by atoms with Gasteiger partial charge in [-0.15, -0.1) is 0 Å². The van der Waals surface area contributed by atoms with E-state index in [4.69, 9.17) is 4.74 Å². The molecule has 0 aliphatic carbocycles. The molecule has 1 N–H and O–H groups in total. The smallest absolute Gasteiger partial charge is 0.119 e. The lowest BCUT2D eigenvalue weighted by Crippen LogP contribution is -2.40. The van der Waals surface area contributed by atoms with Gasteiger partial charge in [-0.2, -0.15) is 0 Å². The average molecular weight is 342 g/mol. The number of benzene rings is 1. The van der Waals surface area contributed by atoms with E-state index >= 15 is 0 Å². The molecule has 20 heavy (non-hydrogen) atoms. The molecule has 0 aliphatic heterocycles. The van der Waals surface area contributed by atoms with Crippen LogP contribution in [0.1, 0.15) is 46.1 Å². The number of hydrogen-bond acceptors (Lipinski definition) is 2. The van der Waals surface area contributed by atoms with Crippen molar-refractivity contribution in [2.24, 2.45) is 5.41 Å². The first kappa shape index (κ1) is 17.5. The summed E-state index contributed by atoms with van der Waals surface area (Å²) in [5.74, 6) is 0.933. The van der Waals surface area contributed by atoms with Crippen LogP contribution in [0, 0.1) is 5.41 Å². The Morgan fingerprint density at radius 1 is 1.30 bits per heavy atom. The van der Waals surface area contributed by atoms with Crippen LogP contribution in [0.15, 0.2) is 22.7 Å². The van der Waals surface area contributed by atoms with Crippen molar-refractivity contribution >= 4 is 15.9 Å². The monoisotopic (exact) mass is 341 g/mol. The average Bonchev–Trinajstić information content (AvgIpc) is 2.38. The van der Waals surface area contributed by atoms with Gasteiger partial charge in [-0.3, -0.25) is 0 Å². The number of halogens is 1. The molecule has 0 heterocycles. The normalized spacial score (nSPS) is 13.3. The van der Waals surface area contributed by atoms with E-state index in [2.05, 4.69) is 61.1 Å². The topological polar surface area (TPSA) is 21.3 Å². The molecule has 1 unspecified atom stereocenters. The Labute approximate surface area is 132 Å². The SMILES string of the molecule is CCNC(CCCc1cc(OC)ccc1Br)C(C)(C)C. The van der Waals surface area contributed by atoms with E-state index < -0.39 is 0 Å². The largest absolute Gasteiger partial charge is 0.497 e. The van der Waals surface area contributed by atoms with Gasteiger partial charge in [0, 0.05) is 10.5 Å². The zero-order chi connectivity index (χ0) is 15.2. The van der Waals surface area contributed by atoms with E-state index in [1.807, 2.05) is 6.07 Å². The molecular weight excluding hydrogens is 314 g/mol. The Kier molecular flexibility index (Phi) is 7.04. The molecular formula is C17H28BrNO. The van der Waals surface area contributed by atoms with Crippen LogP contribution in [0.5, 0.6) is 5.75 Å². The molecule has 0 fully saturated rings. The highest BCUT2D eigenvalue weighted by Gasteiger charge is 2.22. The van der Waals surface area contributed by atoms with Crippen molar-refractivity contribution in [1.29, 1.82) is 0 Å². The van der Waals surface area contributed by atoms with Gasteiger partial charge in [0.15, 0.2) is 0 Å². The van der Waals surface area contributed by atoms with Crippen LogP contribution in [-0.2, 0) is 6.42 Å². The fourth-order valence-electron chi connectivity index (χ4n) is 2.45. The molecule has 1 aromatic carbocycles. The zero-order valence-corrected chi connectivity index (χ0v) is 15.0. The summed E-state index contributed by atoms with van der Waals surface area (Å²) < 4.78 is 6.47. The number of methoxy groups -OCH3 is 1. The van der Waals surface area contributed by atoms with Gasteiger partial charge >= 0.3 is 0 Å². The van der Waals surface area contributed by atoms with Gasteiger partial charge in [0.05, 0.1) is 7.11 Å². The van der Waals surface area contributed by atoms with Crippen molar-refractivity contribution in [3.05, 3.63) is 28.2 Å². The predicted octanol–water partition coefficient (Wildman–Crippen LogP) is 4.80. The van der Waals surface area contributed by atoms with Crippen molar-refractivity contribution in [3.63, 3.8) is 0 Å². The second kappa shape index (κ2) is 8.04. The summed E-state index contributed by atoms with van der Waals surface area (Å²) in [6.45, 7) is 10.1. The van der Waals surface area contributed by atoms with Gasteiger partial charge in [0.1, 0.15) is 5.75 Å². The molecule has 0 saturated heterocycles. The first-order valence-corrected chi connectivity index (χ1v) is 8.23. The van der Waals surface area contributed by atoms with E-state index in [0.29, 0.717) is 11.5 Å². The van der Waals surface area contributed by atoms with Crippen molar-refractivity contribution < 1.29 is 4.74 Å². The Balaban J connectivity index is 2.58. The van der Waals surface area contributed by atoms with Crippen LogP contribution < -0.4 is 10.1 Å². The molecule has 0 spiro atoms. The number of ether oxygens (including phenoxy) is 1.